The molecule has 0 amide bonds. The van der Waals surface area contributed by atoms with Gasteiger partial charge in [-0.05, 0) is 24.3 Å². The molecule has 0 unspecified atom stereocenters. The Morgan fingerprint density at radius 1 is 1.22 bits per heavy atom. The van der Waals surface area contributed by atoms with E-state index in [4.69, 9.17) is 9.47 Å². The number of ether oxygens (including phenoxy) is 2. The van der Waals surface area contributed by atoms with Gasteiger partial charge in [0.15, 0.2) is 0 Å². The van der Waals surface area contributed by atoms with Crippen molar-refractivity contribution in [2.24, 2.45) is 0 Å². The molecule has 0 spiro atoms. The van der Waals surface area contributed by atoms with Crippen LogP contribution in [0.3, 0.4) is 0 Å². The highest BCUT2D eigenvalue weighted by Gasteiger charge is 2.31. The van der Waals surface area contributed by atoms with Crippen LogP contribution in [0.4, 0.5) is 5.13 Å². The maximum atomic E-state index is 13.7. The standard InChI is InChI=1S/C19H17N5O6S2/c1-29-13-7-6-12(17(8-13)30-2)10-23(19-20-11-22-31-19)32(27,28)24-16-5-3-4-14(18(25)26)15(16)9-21-24/h3-9,11H,10H2,1-2H3,(H,25,26). The van der Waals surface area contributed by atoms with Gasteiger partial charge in [-0.25, -0.2) is 14.1 Å². The van der Waals surface area contributed by atoms with E-state index in [9.17, 15) is 18.3 Å². The van der Waals surface area contributed by atoms with E-state index in [-0.39, 0.29) is 28.1 Å². The second-order valence-corrected chi connectivity index (χ2v) is 8.89. The van der Waals surface area contributed by atoms with E-state index in [0.717, 1.165) is 19.9 Å². The van der Waals surface area contributed by atoms with Crippen molar-refractivity contribution >= 4 is 43.7 Å². The summed E-state index contributed by atoms with van der Waals surface area (Å²) < 4.78 is 43.7. The second-order valence-electron chi connectivity index (χ2n) is 6.45. The fourth-order valence-electron chi connectivity index (χ4n) is 3.15. The number of carboxylic acids is 1. The molecule has 2 aromatic heterocycles. The lowest BCUT2D eigenvalue weighted by Crippen LogP contribution is -2.36. The molecule has 0 saturated carbocycles. The fourth-order valence-corrected chi connectivity index (χ4v) is 5.28. The van der Waals surface area contributed by atoms with Crippen molar-refractivity contribution in [1.29, 1.82) is 0 Å². The summed E-state index contributed by atoms with van der Waals surface area (Å²) in [6, 6.07) is 9.34. The average molecular weight is 476 g/mol. The molecule has 0 aliphatic carbocycles. The molecule has 0 fully saturated rings. The molecule has 0 bridgehead atoms. The summed E-state index contributed by atoms with van der Waals surface area (Å²) in [5.74, 6) is -0.209. The number of anilines is 1. The predicted octanol–water partition coefficient (Wildman–Crippen LogP) is 2.40. The summed E-state index contributed by atoms with van der Waals surface area (Å²) in [4.78, 5) is 15.6. The summed E-state index contributed by atoms with van der Waals surface area (Å²) in [5.41, 5.74) is 0.624. The summed E-state index contributed by atoms with van der Waals surface area (Å²) in [7, 11) is -1.34. The minimum atomic E-state index is -4.32. The number of rotatable bonds is 8. The first-order valence-electron chi connectivity index (χ1n) is 9.07. The van der Waals surface area contributed by atoms with Gasteiger partial charge in [-0.1, -0.05) is 6.07 Å². The normalized spacial score (nSPS) is 11.4. The van der Waals surface area contributed by atoms with Crippen LogP contribution in [0.1, 0.15) is 15.9 Å². The van der Waals surface area contributed by atoms with Gasteiger partial charge >= 0.3 is 16.2 Å². The van der Waals surface area contributed by atoms with Gasteiger partial charge in [0.25, 0.3) is 0 Å². The summed E-state index contributed by atoms with van der Waals surface area (Å²) in [6.07, 6.45) is 2.46. The monoisotopic (exact) mass is 475 g/mol. The van der Waals surface area contributed by atoms with Crippen molar-refractivity contribution < 1.29 is 27.8 Å². The van der Waals surface area contributed by atoms with Crippen LogP contribution in [0.5, 0.6) is 11.5 Å². The number of aromatic carboxylic acids is 1. The molecule has 2 aromatic carbocycles. The number of carbonyl (C=O) groups is 1. The van der Waals surface area contributed by atoms with Gasteiger partial charge in [0.1, 0.15) is 17.8 Å². The van der Waals surface area contributed by atoms with Gasteiger partial charge in [-0.2, -0.15) is 17.9 Å². The maximum Gasteiger partial charge on any atom is 0.348 e. The molecule has 0 atom stereocenters. The average Bonchev–Trinajstić information content (AvgIpc) is 3.47. The molecule has 13 heteroatoms. The molecule has 0 aliphatic rings. The van der Waals surface area contributed by atoms with Crippen LogP contribution in [0.2, 0.25) is 0 Å². The number of benzene rings is 2. The lowest BCUT2D eigenvalue weighted by atomic mass is 10.1. The third-order valence-electron chi connectivity index (χ3n) is 4.68. The van der Waals surface area contributed by atoms with E-state index in [1.54, 1.807) is 18.2 Å². The molecule has 4 rings (SSSR count). The molecular weight excluding hydrogens is 458 g/mol. The first kappa shape index (κ1) is 21.5. The van der Waals surface area contributed by atoms with Gasteiger partial charge < -0.3 is 14.6 Å². The van der Waals surface area contributed by atoms with Crippen LogP contribution >= 0.6 is 11.5 Å². The van der Waals surface area contributed by atoms with E-state index in [1.165, 1.54) is 44.9 Å². The molecule has 0 aliphatic heterocycles. The molecule has 0 saturated heterocycles. The first-order chi connectivity index (χ1) is 15.4. The van der Waals surface area contributed by atoms with Gasteiger partial charge in [0.05, 0.1) is 38.0 Å². The number of hydrogen-bond donors (Lipinski definition) is 1. The summed E-state index contributed by atoms with van der Waals surface area (Å²) >= 11 is 0.894. The zero-order valence-electron chi connectivity index (χ0n) is 16.9. The molecule has 166 valence electrons. The highest BCUT2D eigenvalue weighted by atomic mass is 32.2. The Bertz CT molecular complexity index is 1380. The Morgan fingerprint density at radius 3 is 2.69 bits per heavy atom. The summed E-state index contributed by atoms with van der Waals surface area (Å²) in [6.45, 7) is -0.134. The Balaban J connectivity index is 1.84. The van der Waals surface area contributed by atoms with Crippen LogP contribution in [0, 0.1) is 0 Å². The highest BCUT2D eigenvalue weighted by Crippen LogP contribution is 2.31. The third-order valence-corrected chi connectivity index (χ3v) is 7.07. The highest BCUT2D eigenvalue weighted by molar-refractivity contribution is 7.91. The van der Waals surface area contributed by atoms with Crippen molar-refractivity contribution in [2.45, 2.75) is 6.54 Å². The maximum absolute atomic E-state index is 13.7. The number of fused-ring (bicyclic) bond motifs is 1. The number of hydrogen-bond acceptors (Lipinski definition) is 9. The SMILES string of the molecule is COc1ccc(CN(c2ncns2)S(=O)(=O)n2ncc3c(C(=O)O)cccc32)c(OC)c1. The number of nitrogens with zero attached hydrogens (tertiary/aromatic N) is 5. The van der Waals surface area contributed by atoms with Crippen molar-refractivity contribution in [2.75, 3.05) is 18.5 Å². The number of carboxylic acid groups (broad SMARTS) is 1. The molecule has 11 nitrogen and oxygen atoms in total. The van der Waals surface area contributed by atoms with E-state index < -0.39 is 16.2 Å². The van der Waals surface area contributed by atoms with Crippen LogP contribution in [0.15, 0.2) is 48.9 Å². The minimum Gasteiger partial charge on any atom is -0.497 e. The van der Waals surface area contributed by atoms with Crippen LogP contribution in [-0.4, -0.2) is 52.3 Å². The van der Waals surface area contributed by atoms with E-state index in [1.807, 2.05) is 0 Å². The zero-order valence-corrected chi connectivity index (χ0v) is 18.5. The summed E-state index contributed by atoms with van der Waals surface area (Å²) in [5, 5.41) is 13.7. The van der Waals surface area contributed by atoms with Gasteiger partial charge in [-0.15, -0.1) is 4.09 Å². The largest absolute Gasteiger partial charge is 0.497 e. The van der Waals surface area contributed by atoms with Crippen LogP contribution in [0.25, 0.3) is 10.9 Å². The topological polar surface area (TPSA) is 137 Å². The Labute approximate surface area is 186 Å². The molecule has 2 heterocycles. The van der Waals surface area contributed by atoms with E-state index in [2.05, 4.69) is 14.5 Å². The molecule has 32 heavy (non-hydrogen) atoms. The predicted molar refractivity (Wildman–Crippen MR) is 117 cm³/mol. The van der Waals surface area contributed by atoms with E-state index >= 15 is 0 Å². The second kappa shape index (κ2) is 8.43. The molecular formula is C19H17N5O6S2. The quantitative estimate of drug-likeness (QED) is 0.407. The van der Waals surface area contributed by atoms with Crippen molar-refractivity contribution in [3.05, 3.63) is 60.0 Å². The van der Waals surface area contributed by atoms with Crippen LogP contribution < -0.4 is 13.8 Å². The third kappa shape index (κ3) is 3.71. The van der Waals surface area contributed by atoms with Crippen molar-refractivity contribution in [3.8, 4) is 11.5 Å². The Hall–Kier alpha value is -3.71. The van der Waals surface area contributed by atoms with Crippen molar-refractivity contribution in [3.63, 3.8) is 0 Å². The Morgan fingerprint density at radius 2 is 2.03 bits per heavy atom. The first-order valence-corrected chi connectivity index (χ1v) is 11.2. The fraction of sp³-hybridized carbons (Fsp3) is 0.158. The Kier molecular flexibility index (Phi) is 5.67. The van der Waals surface area contributed by atoms with Gasteiger partial charge in [-0.3, -0.25) is 0 Å². The molecule has 0 radical (unpaired) electrons. The van der Waals surface area contributed by atoms with Gasteiger partial charge in [0.2, 0.25) is 5.13 Å². The lowest BCUT2D eigenvalue weighted by molar-refractivity contribution is 0.0699. The zero-order chi connectivity index (χ0) is 22.9. The van der Waals surface area contributed by atoms with Gasteiger partial charge in [0, 0.05) is 28.5 Å². The number of methoxy groups -OCH3 is 2. The molecule has 4 aromatic rings. The lowest BCUT2D eigenvalue weighted by Gasteiger charge is -2.22. The minimum absolute atomic E-state index is 0.0526. The van der Waals surface area contributed by atoms with Crippen molar-refractivity contribution in [1.82, 2.24) is 18.5 Å². The number of aromatic nitrogens is 4. The smallest absolute Gasteiger partial charge is 0.348 e. The molecule has 1 N–H and O–H groups in total. The van der Waals surface area contributed by atoms with E-state index in [0.29, 0.717) is 17.1 Å². The van der Waals surface area contributed by atoms with Crippen LogP contribution in [-0.2, 0) is 16.8 Å².